The summed E-state index contributed by atoms with van der Waals surface area (Å²) in [7, 11) is 0. The number of fused-ring (bicyclic) bond motifs is 2. The molecule has 2 N–H and O–H groups in total. The third-order valence-electron chi connectivity index (χ3n) is 8.99. The molecule has 3 aromatic carbocycles. The van der Waals surface area contributed by atoms with Crippen LogP contribution in [0.25, 0.3) is 22.2 Å². The van der Waals surface area contributed by atoms with Gasteiger partial charge in [0.25, 0.3) is 0 Å². The van der Waals surface area contributed by atoms with Gasteiger partial charge in [-0.15, -0.1) is 0 Å². The van der Waals surface area contributed by atoms with Gasteiger partial charge in [0, 0.05) is 43.8 Å². The molecule has 8 heteroatoms. The zero-order chi connectivity index (χ0) is 31.9. The van der Waals surface area contributed by atoms with Crippen LogP contribution in [-0.4, -0.2) is 57.6 Å². The van der Waals surface area contributed by atoms with Crippen LogP contribution in [0.5, 0.6) is 11.5 Å². The van der Waals surface area contributed by atoms with Crippen molar-refractivity contribution in [2.45, 2.75) is 71.0 Å². The first-order chi connectivity index (χ1) is 22.5. The average Bonchev–Trinajstić information content (AvgIpc) is 3.65. The van der Waals surface area contributed by atoms with Gasteiger partial charge in [0.15, 0.2) is 0 Å². The lowest BCUT2D eigenvalue weighted by Crippen LogP contribution is -2.34. The maximum absolute atomic E-state index is 11.2. The molecule has 2 aliphatic rings. The minimum absolute atomic E-state index is 0.322. The summed E-state index contributed by atoms with van der Waals surface area (Å²) in [5, 5.41) is 12.8. The number of hydrogen-bond donors (Lipinski definition) is 2. The van der Waals surface area contributed by atoms with E-state index in [0.29, 0.717) is 31.0 Å². The zero-order valence-electron chi connectivity index (χ0n) is 26.8. The van der Waals surface area contributed by atoms with Gasteiger partial charge in [0.05, 0.1) is 12.1 Å². The molecule has 8 nitrogen and oxygen atoms in total. The minimum Gasteiger partial charge on any atom is -0.491 e. The van der Waals surface area contributed by atoms with Gasteiger partial charge in [-0.05, 0) is 61.4 Å². The van der Waals surface area contributed by atoms with E-state index in [1.165, 1.54) is 0 Å². The van der Waals surface area contributed by atoms with Gasteiger partial charge in [-0.1, -0.05) is 86.2 Å². The van der Waals surface area contributed by atoms with E-state index in [0.717, 1.165) is 96.6 Å². The first-order valence-corrected chi connectivity index (χ1v) is 16.5. The summed E-state index contributed by atoms with van der Waals surface area (Å²) in [6.07, 6.45) is 13.9. The predicted molar refractivity (Wildman–Crippen MR) is 183 cm³/mol. The molecular formula is C38H44N4O4. The van der Waals surface area contributed by atoms with Crippen LogP contribution in [0.15, 0.2) is 85.0 Å². The number of benzene rings is 3. The number of hydrogen-bond acceptors (Lipinski definition) is 6. The lowest BCUT2D eigenvalue weighted by molar-refractivity contribution is 0.144. The third-order valence-corrected chi connectivity index (χ3v) is 8.99. The molecule has 1 fully saturated rings. The smallest absolute Gasteiger partial charge is 0.491 e. The summed E-state index contributed by atoms with van der Waals surface area (Å²) in [5.41, 5.74) is 5.98. The fourth-order valence-electron chi connectivity index (χ4n) is 6.52. The summed E-state index contributed by atoms with van der Waals surface area (Å²) in [6.45, 7) is 7.70. The second-order valence-corrected chi connectivity index (χ2v) is 12.2. The number of nitrogens with zero attached hydrogens (tertiary/aromatic N) is 3. The average molecular weight is 621 g/mol. The number of aromatic nitrogens is 2. The fourth-order valence-corrected chi connectivity index (χ4v) is 6.52. The molecule has 1 aromatic heterocycles. The van der Waals surface area contributed by atoms with Crippen molar-refractivity contribution >= 4 is 17.2 Å². The van der Waals surface area contributed by atoms with Gasteiger partial charge in [0.2, 0.25) is 0 Å². The van der Waals surface area contributed by atoms with Crippen molar-refractivity contribution in [3.63, 3.8) is 0 Å². The van der Waals surface area contributed by atoms with E-state index < -0.39 is 6.16 Å². The van der Waals surface area contributed by atoms with Crippen LogP contribution in [0.1, 0.15) is 56.0 Å². The zero-order valence-corrected chi connectivity index (χ0v) is 26.8. The van der Waals surface area contributed by atoms with Crippen LogP contribution in [0.3, 0.4) is 0 Å². The van der Waals surface area contributed by atoms with E-state index in [4.69, 9.17) is 19.6 Å². The van der Waals surface area contributed by atoms with Gasteiger partial charge in [-0.3, -0.25) is 10.2 Å². The van der Waals surface area contributed by atoms with Crippen LogP contribution in [0.2, 0.25) is 0 Å². The van der Waals surface area contributed by atoms with Gasteiger partial charge >= 0.3 is 6.16 Å². The Balaban J connectivity index is 1.15. The quantitative estimate of drug-likeness (QED) is 0.0847. The maximum Gasteiger partial charge on any atom is 0.511 e. The van der Waals surface area contributed by atoms with E-state index in [2.05, 4.69) is 77.2 Å². The summed E-state index contributed by atoms with van der Waals surface area (Å²) >= 11 is 0. The van der Waals surface area contributed by atoms with Crippen molar-refractivity contribution in [1.82, 2.24) is 19.8 Å². The lowest BCUT2D eigenvalue weighted by Gasteiger charge is -2.24. The van der Waals surface area contributed by atoms with Crippen molar-refractivity contribution < 1.29 is 19.4 Å². The maximum atomic E-state index is 11.2. The Morgan fingerprint density at radius 3 is 2.63 bits per heavy atom. The van der Waals surface area contributed by atoms with Crippen LogP contribution < -0.4 is 14.8 Å². The van der Waals surface area contributed by atoms with Gasteiger partial charge in [0.1, 0.15) is 22.8 Å². The molecule has 2 unspecified atom stereocenters. The second kappa shape index (κ2) is 14.8. The molecule has 46 heavy (non-hydrogen) atoms. The molecule has 2 atom stereocenters. The van der Waals surface area contributed by atoms with E-state index in [1.54, 1.807) is 12.1 Å². The fraction of sp³-hybridized carbons (Fsp3) is 0.368. The van der Waals surface area contributed by atoms with Crippen molar-refractivity contribution in [3.8, 4) is 22.6 Å². The highest BCUT2D eigenvalue weighted by Crippen LogP contribution is 2.33. The first kappa shape index (κ1) is 31.6. The van der Waals surface area contributed by atoms with Gasteiger partial charge in [-0.25, -0.2) is 9.78 Å². The number of para-hydroxylation sites is 1. The molecule has 0 saturated carbocycles. The Labute approximate surface area is 271 Å². The van der Waals surface area contributed by atoms with Crippen molar-refractivity contribution in [3.05, 3.63) is 102 Å². The van der Waals surface area contributed by atoms with Crippen LogP contribution in [0, 0.1) is 6.92 Å². The molecule has 240 valence electrons. The number of carboxylic acid groups (broad SMARTS) is 1. The lowest BCUT2D eigenvalue weighted by atomic mass is 10.0. The highest BCUT2D eigenvalue weighted by Gasteiger charge is 2.30. The standard InChI is InChI=1S/C38H44N4O4/c1-3-4-16-35-40-36-27(2)17-22-34(45-24-11-5-10-23-41-26-39-31-13-7-8-14-32(31)41)37(36)42(35)25-28-18-20-29(21-19-28)30-12-6-9-15-33(30)46-38(43)44/h6-9,12-15,17-22,31-32,39H,3-5,10-11,16,23-26H2,1-2H3,(H,43,44). The number of nitrogens with one attached hydrogen (secondary N) is 1. The number of carbonyl (C=O) groups is 1. The molecule has 0 radical (unpaired) electrons. The molecule has 1 aliphatic heterocycles. The highest BCUT2D eigenvalue weighted by atomic mass is 16.7. The Hall–Kier alpha value is -4.40. The molecule has 1 saturated heterocycles. The number of allylic oxidation sites excluding steroid dienone is 2. The van der Waals surface area contributed by atoms with Crippen LogP contribution >= 0.6 is 0 Å². The summed E-state index contributed by atoms with van der Waals surface area (Å²) < 4.78 is 13.8. The van der Waals surface area contributed by atoms with E-state index in [-0.39, 0.29) is 0 Å². The van der Waals surface area contributed by atoms with E-state index in [9.17, 15) is 4.79 Å². The SMILES string of the molecule is CCCCc1nc2c(C)ccc(OCCCCCN3CNC4C=CC=CC43)c2n1Cc1ccc(-c2ccccc2OC(=O)O)cc1. The number of imidazole rings is 1. The number of aryl methyl sites for hydroxylation is 2. The molecule has 6 rings (SSSR count). The highest BCUT2D eigenvalue weighted by molar-refractivity contribution is 5.86. The Morgan fingerprint density at radius 2 is 1.80 bits per heavy atom. The largest absolute Gasteiger partial charge is 0.511 e. The second-order valence-electron chi connectivity index (χ2n) is 12.2. The predicted octanol–water partition coefficient (Wildman–Crippen LogP) is 7.73. The van der Waals surface area contributed by atoms with E-state index in [1.807, 2.05) is 24.3 Å². The molecule has 0 spiro atoms. The van der Waals surface area contributed by atoms with Gasteiger partial charge < -0.3 is 19.1 Å². The molecule has 2 heterocycles. The Bertz CT molecular complexity index is 1710. The first-order valence-electron chi connectivity index (χ1n) is 16.5. The summed E-state index contributed by atoms with van der Waals surface area (Å²) in [5.74, 6) is 2.28. The number of rotatable bonds is 14. The monoisotopic (exact) mass is 620 g/mol. The van der Waals surface area contributed by atoms with E-state index >= 15 is 0 Å². The number of ether oxygens (including phenoxy) is 2. The summed E-state index contributed by atoms with van der Waals surface area (Å²) in [6, 6.07) is 20.6. The third kappa shape index (κ3) is 7.19. The molecule has 0 bridgehead atoms. The normalized spacial score (nSPS) is 17.4. The molecular weight excluding hydrogens is 576 g/mol. The van der Waals surface area contributed by atoms with Gasteiger partial charge in [-0.2, -0.15) is 0 Å². The van der Waals surface area contributed by atoms with Crippen LogP contribution in [0.4, 0.5) is 4.79 Å². The molecule has 0 amide bonds. The summed E-state index contributed by atoms with van der Waals surface area (Å²) in [4.78, 5) is 18.9. The Kier molecular flexibility index (Phi) is 10.2. The van der Waals surface area contributed by atoms with Crippen molar-refractivity contribution in [2.24, 2.45) is 0 Å². The molecule has 4 aromatic rings. The molecule has 1 aliphatic carbocycles. The Morgan fingerprint density at radius 1 is 0.978 bits per heavy atom. The van der Waals surface area contributed by atoms with Crippen molar-refractivity contribution in [1.29, 1.82) is 0 Å². The number of unbranched alkanes of at least 4 members (excludes halogenated alkanes) is 3. The van der Waals surface area contributed by atoms with Crippen LogP contribution in [-0.2, 0) is 13.0 Å². The topological polar surface area (TPSA) is 88.9 Å². The van der Waals surface area contributed by atoms with Crippen molar-refractivity contribution in [2.75, 3.05) is 19.8 Å². The minimum atomic E-state index is -1.32.